The summed E-state index contributed by atoms with van der Waals surface area (Å²) in [6.45, 7) is 0. The van der Waals surface area contributed by atoms with E-state index in [2.05, 4.69) is 25.8 Å². The fourth-order valence-electron chi connectivity index (χ4n) is 3.73. The van der Waals surface area contributed by atoms with Gasteiger partial charge in [0, 0.05) is 11.6 Å². The summed E-state index contributed by atoms with van der Waals surface area (Å²) in [5.41, 5.74) is 3.14. The quantitative estimate of drug-likeness (QED) is 0.522. The smallest absolute Gasteiger partial charge is 0.261 e. The zero-order chi connectivity index (χ0) is 17.5. The van der Waals surface area contributed by atoms with Crippen LogP contribution in [0, 0.1) is 5.82 Å². The van der Waals surface area contributed by atoms with Gasteiger partial charge in [-0.25, -0.2) is 9.37 Å². The summed E-state index contributed by atoms with van der Waals surface area (Å²) in [5, 5.41) is 4.01. The SMILES string of the molecule is Fc1ccccc1-c1nc(-c2ccc3c(c2)ncn3C2CCCC2)no1. The van der Waals surface area contributed by atoms with Crippen molar-refractivity contribution in [3.63, 3.8) is 0 Å². The molecule has 1 saturated carbocycles. The summed E-state index contributed by atoms with van der Waals surface area (Å²) in [5.74, 6) is 0.226. The highest BCUT2D eigenvalue weighted by Gasteiger charge is 2.19. The molecule has 0 N–H and O–H groups in total. The Labute approximate surface area is 149 Å². The molecule has 0 amide bonds. The zero-order valence-electron chi connectivity index (χ0n) is 14.1. The first-order valence-electron chi connectivity index (χ1n) is 8.85. The molecule has 1 aliphatic rings. The van der Waals surface area contributed by atoms with Crippen molar-refractivity contribution in [2.75, 3.05) is 0 Å². The summed E-state index contributed by atoms with van der Waals surface area (Å²) in [6, 6.07) is 12.9. The molecule has 1 fully saturated rings. The van der Waals surface area contributed by atoms with Gasteiger partial charge in [-0.2, -0.15) is 4.98 Å². The second-order valence-electron chi connectivity index (χ2n) is 6.70. The first-order valence-corrected chi connectivity index (χ1v) is 8.85. The van der Waals surface area contributed by atoms with E-state index in [1.54, 1.807) is 18.2 Å². The van der Waals surface area contributed by atoms with Gasteiger partial charge in [-0.15, -0.1) is 0 Å². The van der Waals surface area contributed by atoms with Gasteiger partial charge >= 0.3 is 0 Å². The number of hydrogen-bond acceptors (Lipinski definition) is 4. The maximum Gasteiger partial charge on any atom is 0.261 e. The zero-order valence-corrected chi connectivity index (χ0v) is 14.1. The second kappa shape index (κ2) is 6.05. The average molecular weight is 348 g/mol. The number of nitrogens with zero attached hydrogens (tertiary/aromatic N) is 4. The summed E-state index contributed by atoms with van der Waals surface area (Å²) in [6.07, 6.45) is 6.91. The summed E-state index contributed by atoms with van der Waals surface area (Å²) in [4.78, 5) is 8.90. The van der Waals surface area contributed by atoms with Crippen LogP contribution in [0.4, 0.5) is 4.39 Å². The van der Waals surface area contributed by atoms with Crippen molar-refractivity contribution in [1.29, 1.82) is 0 Å². The third-order valence-corrected chi connectivity index (χ3v) is 5.08. The normalized spacial score (nSPS) is 15.1. The Hall–Kier alpha value is -3.02. The van der Waals surface area contributed by atoms with Crippen molar-refractivity contribution >= 4 is 11.0 Å². The molecule has 130 valence electrons. The Morgan fingerprint density at radius 3 is 2.77 bits per heavy atom. The van der Waals surface area contributed by atoms with Crippen molar-refractivity contribution in [1.82, 2.24) is 19.7 Å². The second-order valence-corrected chi connectivity index (χ2v) is 6.70. The van der Waals surface area contributed by atoms with E-state index in [0.717, 1.165) is 16.6 Å². The third kappa shape index (κ3) is 2.49. The van der Waals surface area contributed by atoms with Gasteiger partial charge in [0.15, 0.2) is 0 Å². The molecule has 0 atom stereocenters. The highest BCUT2D eigenvalue weighted by Crippen LogP contribution is 2.33. The van der Waals surface area contributed by atoms with E-state index in [1.807, 2.05) is 18.5 Å². The van der Waals surface area contributed by atoms with Gasteiger partial charge in [0.05, 0.1) is 22.9 Å². The Balaban J connectivity index is 1.51. The molecule has 2 aromatic carbocycles. The van der Waals surface area contributed by atoms with Crippen LogP contribution in [0.3, 0.4) is 0 Å². The number of imidazole rings is 1. The monoisotopic (exact) mass is 348 g/mol. The van der Waals surface area contributed by atoms with Crippen LogP contribution < -0.4 is 0 Å². The molecule has 0 aliphatic heterocycles. The molecule has 6 heteroatoms. The van der Waals surface area contributed by atoms with Crippen LogP contribution in [0.1, 0.15) is 31.7 Å². The van der Waals surface area contributed by atoms with Gasteiger partial charge in [0.1, 0.15) is 5.82 Å². The van der Waals surface area contributed by atoms with E-state index in [9.17, 15) is 4.39 Å². The Kier molecular flexibility index (Phi) is 3.55. The minimum Gasteiger partial charge on any atom is -0.334 e. The van der Waals surface area contributed by atoms with Crippen molar-refractivity contribution in [3.8, 4) is 22.8 Å². The lowest BCUT2D eigenvalue weighted by Crippen LogP contribution is -2.02. The maximum atomic E-state index is 13.9. The summed E-state index contributed by atoms with van der Waals surface area (Å²) in [7, 11) is 0. The van der Waals surface area contributed by atoms with Crippen molar-refractivity contribution < 1.29 is 8.91 Å². The number of halogens is 1. The van der Waals surface area contributed by atoms with E-state index >= 15 is 0 Å². The summed E-state index contributed by atoms with van der Waals surface area (Å²) < 4.78 is 21.4. The van der Waals surface area contributed by atoms with Crippen molar-refractivity contribution in [2.24, 2.45) is 0 Å². The van der Waals surface area contributed by atoms with Crippen LogP contribution in [0.25, 0.3) is 33.9 Å². The molecule has 5 rings (SSSR count). The van der Waals surface area contributed by atoms with Gasteiger partial charge in [-0.3, -0.25) is 0 Å². The fraction of sp³-hybridized carbons (Fsp3) is 0.250. The van der Waals surface area contributed by atoms with Gasteiger partial charge in [0.25, 0.3) is 5.89 Å². The Morgan fingerprint density at radius 2 is 1.92 bits per heavy atom. The molecule has 0 radical (unpaired) electrons. The van der Waals surface area contributed by atoms with E-state index in [-0.39, 0.29) is 11.7 Å². The molecule has 1 aliphatic carbocycles. The van der Waals surface area contributed by atoms with Gasteiger partial charge in [0.2, 0.25) is 5.82 Å². The molecule has 2 aromatic heterocycles. The van der Waals surface area contributed by atoms with E-state index in [4.69, 9.17) is 4.52 Å². The van der Waals surface area contributed by atoms with Gasteiger partial charge in [-0.1, -0.05) is 30.1 Å². The van der Waals surface area contributed by atoms with E-state index in [0.29, 0.717) is 17.4 Å². The largest absolute Gasteiger partial charge is 0.334 e. The lowest BCUT2D eigenvalue weighted by molar-refractivity contribution is 0.429. The van der Waals surface area contributed by atoms with Crippen LogP contribution in [-0.2, 0) is 0 Å². The molecule has 0 saturated heterocycles. The maximum absolute atomic E-state index is 13.9. The number of hydrogen-bond donors (Lipinski definition) is 0. The molecule has 5 nitrogen and oxygen atoms in total. The Bertz CT molecular complexity index is 1080. The molecule has 0 spiro atoms. The predicted molar refractivity (Wildman–Crippen MR) is 95.9 cm³/mol. The van der Waals surface area contributed by atoms with Crippen molar-refractivity contribution in [2.45, 2.75) is 31.7 Å². The number of benzene rings is 2. The molecule has 2 heterocycles. The van der Waals surface area contributed by atoms with E-state index < -0.39 is 0 Å². The third-order valence-electron chi connectivity index (χ3n) is 5.08. The summed E-state index contributed by atoms with van der Waals surface area (Å²) >= 11 is 0. The number of aromatic nitrogens is 4. The van der Waals surface area contributed by atoms with Crippen LogP contribution in [-0.4, -0.2) is 19.7 Å². The van der Waals surface area contributed by atoms with Crippen LogP contribution >= 0.6 is 0 Å². The molecule has 26 heavy (non-hydrogen) atoms. The minimum atomic E-state index is -0.381. The molecule has 0 unspecified atom stereocenters. The van der Waals surface area contributed by atoms with E-state index in [1.165, 1.54) is 31.7 Å². The lowest BCUT2D eigenvalue weighted by atomic mass is 10.1. The number of fused-ring (bicyclic) bond motifs is 1. The number of rotatable bonds is 3. The van der Waals surface area contributed by atoms with Crippen LogP contribution in [0.5, 0.6) is 0 Å². The minimum absolute atomic E-state index is 0.176. The molecular weight excluding hydrogens is 331 g/mol. The molecular formula is C20H17FN4O. The van der Waals surface area contributed by atoms with Crippen LogP contribution in [0.2, 0.25) is 0 Å². The Morgan fingerprint density at radius 1 is 1.08 bits per heavy atom. The van der Waals surface area contributed by atoms with Gasteiger partial charge in [-0.05, 0) is 43.2 Å². The van der Waals surface area contributed by atoms with Crippen molar-refractivity contribution in [3.05, 3.63) is 54.6 Å². The van der Waals surface area contributed by atoms with Crippen LogP contribution in [0.15, 0.2) is 53.3 Å². The lowest BCUT2D eigenvalue weighted by Gasteiger charge is -2.11. The predicted octanol–water partition coefficient (Wildman–Crippen LogP) is 5.01. The highest BCUT2D eigenvalue weighted by molar-refractivity contribution is 5.81. The highest BCUT2D eigenvalue weighted by atomic mass is 19.1. The topological polar surface area (TPSA) is 56.7 Å². The molecule has 0 bridgehead atoms. The first kappa shape index (κ1) is 15.3. The molecule has 4 aromatic rings. The van der Waals surface area contributed by atoms with Gasteiger partial charge < -0.3 is 9.09 Å². The fourth-order valence-corrected chi connectivity index (χ4v) is 3.73. The average Bonchev–Trinajstić information content (AvgIpc) is 3.41. The standard InChI is InChI=1S/C20H17FN4O/c21-16-8-4-3-7-15(16)20-23-19(24-26-20)13-9-10-18-17(11-13)22-12-25(18)14-5-1-2-6-14/h3-4,7-12,14H,1-2,5-6H2. The first-order chi connectivity index (χ1) is 12.8.